The monoisotopic (exact) mass is 329 g/mol. The molecule has 0 bridgehead atoms. The van der Waals surface area contributed by atoms with Crippen LogP contribution in [-0.4, -0.2) is 46.3 Å². The zero-order chi connectivity index (χ0) is 17.1. The zero-order valence-electron chi connectivity index (χ0n) is 13.6. The Morgan fingerprint density at radius 1 is 1.21 bits per heavy atom. The number of benzene rings is 1. The van der Waals surface area contributed by atoms with Crippen LogP contribution in [-0.2, 0) is 22.6 Å². The van der Waals surface area contributed by atoms with Crippen LogP contribution in [0.25, 0.3) is 0 Å². The third-order valence-corrected chi connectivity index (χ3v) is 3.91. The predicted molar refractivity (Wildman–Crippen MR) is 85.5 cm³/mol. The number of rotatable bonds is 4. The molecule has 0 aliphatic carbocycles. The number of hydrogen-bond donors (Lipinski definition) is 0. The number of para-hydroxylation sites is 1. The van der Waals surface area contributed by atoms with Gasteiger partial charge in [-0.15, -0.1) is 0 Å². The molecule has 24 heavy (non-hydrogen) atoms. The minimum absolute atomic E-state index is 0.0917. The van der Waals surface area contributed by atoms with Gasteiger partial charge < -0.3 is 14.4 Å². The van der Waals surface area contributed by atoms with Crippen molar-refractivity contribution < 1.29 is 19.1 Å². The Balaban J connectivity index is 1.67. The van der Waals surface area contributed by atoms with Crippen LogP contribution in [0.1, 0.15) is 23.1 Å². The Morgan fingerprint density at radius 2 is 1.96 bits per heavy atom. The van der Waals surface area contributed by atoms with Crippen molar-refractivity contribution in [1.29, 1.82) is 0 Å². The molecule has 3 rings (SSSR count). The molecule has 126 valence electrons. The Morgan fingerprint density at radius 3 is 2.67 bits per heavy atom. The number of ether oxygens (including phenoxy) is 2. The molecule has 1 aliphatic heterocycles. The molecule has 7 nitrogen and oxygen atoms in total. The van der Waals surface area contributed by atoms with Gasteiger partial charge in [-0.1, -0.05) is 18.2 Å². The van der Waals surface area contributed by atoms with Gasteiger partial charge in [0, 0.05) is 6.54 Å². The van der Waals surface area contributed by atoms with Gasteiger partial charge in [-0.25, -0.2) is 4.79 Å². The number of carbonyl (C=O) groups excluding carboxylic acids is 2. The number of amides is 1. The van der Waals surface area contributed by atoms with Gasteiger partial charge in [0.15, 0.2) is 11.8 Å². The van der Waals surface area contributed by atoms with Crippen LogP contribution in [0.4, 0.5) is 0 Å². The first-order valence-corrected chi connectivity index (χ1v) is 7.74. The van der Waals surface area contributed by atoms with E-state index in [0.717, 1.165) is 5.69 Å². The largest absolute Gasteiger partial charge is 0.481 e. The molecule has 1 aromatic heterocycles. The molecular formula is C17H19N3O4. The molecule has 0 saturated heterocycles. The van der Waals surface area contributed by atoms with E-state index in [4.69, 9.17) is 4.74 Å². The van der Waals surface area contributed by atoms with E-state index in [9.17, 15) is 9.59 Å². The molecule has 2 heterocycles. The van der Waals surface area contributed by atoms with Crippen molar-refractivity contribution in [3.63, 3.8) is 0 Å². The van der Waals surface area contributed by atoms with Crippen LogP contribution in [0.15, 0.2) is 36.4 Å². The average Bonchev–Trinajstić information content (AvgIpc) is 3.04. The van der Waals surface area contributed by atoms with Gasteiger partial charge in [0.2, 0.25) is 0 Å². The van der Waals surface area contributed by atoms with Gasteiger partial charge in [0.25, 0.3) is 5.91 Å². The summed E-state index contributed by atoms with van der Waals surface area (Å²) in [6.45, 7) is 3.19. The number of nitrogens with zero attached hydrogens (tertiary/aromatic N) is 3. The zero-order valence-corrected chi connectivity index (χ0v) is 13.6. The van der Waals surface area contributed by atoms with Crippen molar-refractivity contribution in [3.8, 4) is 5.75 Å². The van der Waals surface area contributed by atoms with E-state index in [1.807, 2.05) is 30.3 Å². The van der Waals surface area contributed by atoms with E-state index in [-0.39, 0.29) is 11.6 Å². The van der Waals surface area contributed by atoms with Crippen molar-refractivity contribution in [2.45, 2.75) is 26.1 Å². The average molecular weight is 329 g/mol. The van der Waals surface area contributed by atoms with Crippen LogP contribution < -0.4 is 4.74 Å². The van der Waals surface area contributed by atoms with Crippen molar-refractivity contribution in [2.75, 3.05) is 13.7 Å². The Labute approximate surface area is 139 Å². The van der Waals surface area contributed by atoms with E-state index < -0.39 is 12.1 Å². The molecule has 1 amide bonds. The number of esters is 1. The molecule has 0 fully saturated rings. The third kappa shape index (κ3) is 3.24. The summed E-state index contributed by atoms with van der Waals surface area (Å²) in [5.74, 6) is 0.0925. The fourth-order valence-corrected chi connectivity index (χ4v) is 2.67. The van der Waals surface area contributed by atoms with E-state index in [2.05, 4.69) is 9.84 Å². The SMILES string of the molecule is COC(=O)c1cc2n(n1)CCN(C(=O)[C@@H](C)Oc1ccccc1)C2. The highest BCUT2D eigenvalue weighted by Gasteiger charge is 2.27. The number of hydrogen-bond acceptors (Lipinski definition) is 5. The second-order valence-electron chi connectivity index (χ2n) is 5.57. The minimum atomic E-state index is -0.582. The lowest BCUT2D eigenvalue weighted by Gasteiger charge is -2.29. The summed E-state index contributed by atoms with van der Waals surface area (Å²) in [6.07, 6.45) is -0.582. The van der Waals surface area contributed by atoms with Crippen molar-refractivity contribution >= 4 is 11.9 Å². The fourth-order valence-electron chi connectivity index (χ4n) is 2.67. The van der Waals surface area contributed by atoms with Gasteiger partial charge in [-0.05, 0) is 25.1 Å². The first kappa shape index (κ1) is 16.0. The predicted octanol–water partition coefficient (Wildman–Crippen LogP) is 1.48. The maximum absolute atomic E-state index is 12.6. The third-order valence-electron chi connectivity index (χ3n) is 3.91. The molecule has 7 heteroatoms. The summed E-state index contributed by atoms with van der Waals surface area (Å²) < 4.78 is 12.1. The second-order valence-corrected chi connectivity index (χ2v) is 5.57. The molecule has 1 aromatic carbocycles. The number of fused-ring (bicyclic) bond motifs is 1. The number of carbonyl (C=O) groups is 2. The molecule has 0 spiro atoms. The van der Waals surface area contributed by atoms with Gasteiger partial charge in [0.1, 0.15) is 5.75 Å². The van der Waals surface area contributed by atoms with Crippen LogP contribution in [0.2, 0.25) is 0 Å². The summed E-state index contributed by atoms with van der Waals surface area (Å²) in [5.41, 5.74) is 1.07. The van der Waals surface area contributed by atoms with Gasteiger partial charge in [-0.3, -0.25) is 9.48 Å². The topological polar surface area (TPSA) is 73.7 Å². The van der Waals surface area contributed by atoms with Crippen molar-refractivity contribution in [1.82, 2.24) is 14.7 Å². The highest BCUT2D eigenvalue weighted by atomic mass is 16.5. The summed E-state index contributed by atoms with van der Waals surface area (Å²) in [7, 11) is 1.32. The van der Waals surface area contributed by atoms with Gasteiger partial charge in [0.05, 0.1) is 25.9 Å². The normalized spacial score (nSPS) is 14.7. The Kier molecular flexibility index (Phi) is 4.50. The van der Waals surface area contributed by atoms with Crippen LogP contribution in [0.5, 0.6) is 5.75 Å². The molecule has 0 radical (unpaired) electrons. The maximum Gasteiger partial charge on any atom is 0.358 e. The summed E-state index contributed by atoms with van der Waals surface area (Å²) in [5, 5.41) is 4.20. The lowest BCUT2D eigenvalue weighted by molar-refractivity contribution is -0.139. The standard InChI is InChI=1S/C17H19N3O4/c1-12(24-14-6-4-3-5-7-14)16(21)19-8-9-20-13(11-19)10-15(18-20)17(22)23-2/h3-7,10,12H,8-9,11H2,1-2H3/t12-/m1/s1. The van der Waals surface area contributed by atoms with Crippen LogP contribution in [0.3, 0.4) is 0 Å². The van der Waals surface area contributed by atoms with Gasteiger partial charge in [-0.2, -0.15) is 5.10 Å². The van der Waals surface area contributed by atoms with Crippen LogP contribution in [0, 0.1) is 0 Å². The number of aromatic nitrogens is 2. The molecule has 1 atom stereocenters. The second kappa shape index (κ2) is 6.74. The van der Waals surface area contributed by atoms with E-state index in [1.165, 1.54) is 7.11 Å². The lowest BCUT2D eigenvalue weighted by atomic mass is 10.2. The van der Waals surface area contributed by atoms with E-state index >= 15 is 0 Å². The molecule has 0 saturated carbocycles. The van der Waals surface area contributed by atoms with Crippen molar-refractivity contribution in [3.05, 3.63) is 47.8 Å². The maximum atomic E-state index is 12.6. The summed E-state index contributed by atoms with van der Waals surface area (Å²) in [6, 6.07) is 10.9. The van der Waals surface area contributed by atoms with Crippen LogP contribution >= 0.6 is 0 Å². The summed E-state index contributed by atoms with van der Waals surface area (Å²) >= 11 is 0. The fraction of sp³-hybridized carbons (Fsp3) is 0.353. The van der Waals surface area contributed by atoms with E-state index in [0.29, 0.717) is 25.4 Å². The quantitative estimate of drug-likeness (QED) is 0.795. The van der Waals surface area contributed by atoms with E-state index in [1.54, 1.807) is 22.6 Å². The minimum Gasteiger partial charge on any atom is -0.481 e. The number of methoxy groups -OCH3 is 1. The highest BCUT2D eigenvalue weighted by Crippen LogP contribution is 2.17. The molecular weight excluding hydrogens is 310 g/mol. The summed E-state index contributed by atoms with van der Waals surface area (Å²) in [4.78, 5) is 25.9. The lowest BCUT2D eigenvalue weighted by Crippen LogP contribution is -2.44. The first-order chi connectivity index (χ1) is 11.6. The molecule has 0 unspecified atom stereocenters. The Bertz CT molecular complexity index is 742. The Hall–Kier alpha value is -2.83. The highest BCUT2D eigenvalue weighted by molar-refractivity contribution is 5.87. The van der Waals surface area contributed by atoms with Gasteiger partial charge >= 0.3 is 5.97 Å². The first-order valence-electron chi connectivity index (χ1n) is 7.74. The smallest absolute Gasteiger partial charge is 0.358 e. The molecule has 1 aliphatic rings. The molecule has 0 N–H and O–H groups in total. The molecule has 2 aromatic rings. The van der Waals surface area contributed by atoms with Crippen molar-refractivity contribution in [2.24, 2.45) is 0 Å².